The van der Waals surface area contributed by atoms with Gasteiger partial charge in [-0.15, -0.1) is 5.10 Å². The number of amides is 1. The Kier molecular flexibility index (Phi) is 3.62. The van der Waals surface area contributed by atoms with Crippen molar-refractivity contribution in [3.8, 4) is 6.01 Å². The number of nitrogens with zero attached hydrogens (tertiary/aromatic N) is 5. The summed E-state index contributed by atoms with van der Waals surface area (Å²) < 4.78 is 12.3. The maximum atomic E-state index is 12.6. The number of hydrogen-bond donors (Lipinski definition) is 0. The van der Waals surface area contributed by atoms with Crippen molar-refractivity contribution >= 4 is 5.91 Å². The third-order valence-electron chi connectivity index (χ3n) is 3.75. The van der Waals surface area contributed by atoms with Gasteiger partial charge in [-0.3, -0.25) is 4.79 Å². The highest BCUT2D eigenvalue weighted by molar-refractivity contribution is 5.90. The average Bonchev–Trinajstić information content (AvgIpc) is 3.08. The van der Waals surface area contributed by atoms with Crippen molar-refractivity contribution in [2.75, 3.05) is 13.7 Å². The number of methoxy groups -OCH3 is 1. The molecule has 0 atom stereocenters. The predicted octanol–water partition coefficient (Wildman–Crippen LogP) is 1.31. The minimum Gasteiger partial charge on any atom is -0.467 e. The van der Waals surface area contributed by atoms with Crippen LogP contribution in [0.5, 0.6) is 6.01 Å². The third-order valence-corrected chi connectivity index (χ3v) is 3.75. The van der Waals surface area contributed by atoms with E-state index in [1.165, 1.54) is 11.8 Å². The second-order valence-corrected chi connectivity index (χ2v) is 6.66. The lowest BCUT2D eigenvalue weighted by Gasteiger charge is -2.23. The molecule has 0 radical (unpaired) electrons. The Hall–Kier alpha value is -2.38. The molecule has 1 amide bonds. The van der Waals surface area contributed by atoms with Crippen molar-refractivity contribution in [2.45, 2.75) is 39.2 Å². The Labute approximate surface area is 134 Å². The zero-order valence-electron chi connectivity index (χ0n) is 14.1. The van der Waals surface area contributed by atoms with Crippen LogP contribution < -0.4 is 4.74 Å². The molecule has 3 rings (SSSR count). The van der Waals surface area contributed by atoms with Gasteiger partial charge < -0.3 is 14.1 Å². The van der Waals surface area contributed by atoms with E-state index in [4.69, 9.17) is 9.15 Å². The van der Waals surface area contributed by atoms with Crippen LogP contribution in [0.25, 0.3) is 0 Å². The van der Waals surface area contributed by atoms with Gasteiger partial charge in [-0.25, -0.2) is 9.67 Å². The number of oxazole rings is 1. The number of hydrogen-bond acceptors (Lipinski definition) is 6. The minimum absolute atomic E-state index is 0.132. The number of aryl methyl sites for hydroxylation is 1. The molecule has 0 unspecified atom stereocenters. The number of rotatable bonds is 2. The fourth-order valence-corrected chi connectivity index (χ4v) is 2.47. The topological polar surface area (TPSA) is 86.3 Å². The maximum absolute atomic E-state index is 12.6. The molecule has 1 aliphatic rings. The Morgan fingerprint density at radius 2 is 2.04 bits per heavy atom. The first-order valence-electron chi connectivity index (χ1n) is 7.53. The summed E-state index contributed by atoms with van der Waals surface area (Å²) in [5.41, 5.74) is 0.666. The van der Waals surface area contributed by atoms with Gasteiger partial charge in [0.2, 0.25) is 5.82 Å². The van der Waals surface area contributed by atoms with Gasteiger partial charge in [0.25, 0.3) is 5.91 Å². The lowest BCUT2D eigenvalue weighted by Crippen LogP contribution is -2.36. The van der Waals surface area contributed by atoms with Crippen LogP contribution in [0.1, 0.15) is 48.7 Å². The highest BCUT2D eigenvalue weighted by atomic mass is 16.5. The molecule has 0 aromatic carbocycles. The van der Waals surface area contributed by atoms with Crippen LogP contribution in [-0.4, -0.2) is 44.2 Å². The third kappa shape index (κ3) is 2.80. The van der Waals surface area contributed by atoms with E-state index in [1.807, 2.05) is 0 Å². The van der Waals surface area contributed by atoms with E-state index >= 15 is 0 Å². The molecule has 8 heteroatoms. The number of carbonyl (C=O) groups excluding carboxylic acids is 1. The van der Waals surface area contributed by atoms with E-state index in [0.29, 0.717) is 31.4 Å². The highest BCUT2D eigenvalue weighted by Gasteiger charge is 2.31. The minimum atomic E-state index is -0.227. The smallest absolute Gasteiger partial charge is 0.314 e. The maximum Gasteiger partial charge on any atom is 0.314 e. The summed E-state index contributed by atoms with van der Waals surface area (Å²) in [6, 6.07) is 0.308. The first kappa shape index (κ1) is 15.5. The van der Waals surface area contributed by atoms with E-state index in [1.54, 1.807) is 11.9 Å². The number of carbonyl (C=O) groups is 1. The van der Waals surface area contributed by atoms with E-state index < -0.39 is 0 Å². The molecule has 0 N–H and O–H groups in total. The van der Waals surface area contributed by atoms with Crippen LogP contribution >= 0.6 is 0 Å². The fourth-order valence-electron chi connectivity index (χ4n) is 2.47. The number of fused-ring (bicyclic) bond motifs is 1. The van der Waals surface area contributed by atoms with Gasteiger partial charge in [-0.05, 0) is 0 Å². The Morgan fingerprint density at radius 3 is 2.65 bits per heavy atom. The molecule has 0 saturated carbocycles. The average molecular weight is 319 g/mol. The molecule has 2 aromatic heterocycles. The van der Waals surface area contributed by atoms with Gasteiger partial charge in [0, 0.05) is 25.4 Å². The van der Waals surface area contributed by atoms with Crippen LogP contribution in [-0.2, 0) is 25.4 Å². The van der Waals surface area contributed by atoms with Crippen molar-refractivity contribution < 1.29 is 13.9 Å². The molecule has 0 saturated heterocycles. The van der Waals surface area contributed by atoms with E-state index in [2.05, 4.69) is 35.8 Å². The zero-order chi connectivity index (χ0) is 16.8. The molecule has 0 bridgehead atoms. The molecular weight excluding hydrogens is 298 g/mol. The van der Waals surface area contributed by atoms with Gasteiger partial charge in [0.15, 0.2) is 5.89 Å². The fraction of sp³-hybridized carbons (Fsp3) is 0.600. The predicted molar refractivity (Wildman–Crippen MR) is 81.2 cm³/mol. The van der Waals surface area contributed by atoms with Gasteiger partial charge in [-0.1, -0.05) is 20.8 Å². The van der Waals surface area contributed by atoms with Gasteiger partial charge in [0.1, 0.15) is 11.5 Å². The normalized spacial score (nSPS) is 14.7. The molecule has 1 aliphatic heterocycles. The van der Waals surface area contributed by atoms with Crippen molar-refractivity contribution in [1.82, 2.24) is 24.6 Å². The summed E-state index contributed by atoms with van der Waals surface area (Å²) in [6.45, 7) is 7.13. The first-order chi connectivity index (χ1) is 10.8. The van der Waals surface area contributed by atoms with Gasteiger partial charge in [0.05, 0.1) is 13.7 Å². The van der Waals surface area contributed by atoms with Crippen LogP contribution in [0.3, 0.4) is 0 Å². The van der Waals surface area contributed by atoms with Gasteiger partial charge in [-0.2, -0.15) is 4.98 Å². The standard InChI is InChI=1S/C15H21N5O3/c1-15(2,3)13-16-9-8-20(7-6-10(9)23-13)12(21)11-17-14(22-5)19(4)18-11/h6-8H2,1-5H3. The van der Waals surface area contributed by atoms with Crippen LogP contribution in [0.4, 0.5) is 0 Å². The SMILES string of the molecule is COc1nc(C(=O)N2CCc3oc(C(C)(C)C)nc3C2)nn1C. The molecule has 0 aliphatic carbocycles. The molecule has 3 heterocycles. The van der Waals surface area contributed by atoms with Crippen LogP contribution in [0.15, 0.2) is 4.42 Å². The molecule has 2 aromatic rings. The van der Waals surface area contributed by atoms with Crippen LogP contribution in [0.2, 0.25) is 0 Å². The number of ether oxygens (including phenoxy) is 1. The van der Waals surface area contributed by atoms with Crippen molar-refractivity contribution in [1.29, 1.82) is 0 Å². The first-order valence-corrected chi connectivity index (χ1v) is 7.53. The quantitative estimate of drug-likeness (QED) is 0.829. The lowest BCUT2D eigenvalue weighted by atomic mass is 9.97. The van der Waals surface area contributed by atoms with E-state index in [9.17, 15) is 4.79 Å². The number of aromatic nitrogens is 4. The molecule has 0 spiro atoms. The summed E-state index contributed by atoms with van der Waals surface area (Å²) in [5.74, 6) is 1.47. The summed E-state index contributed by atoms with van der Waals surface area (Å²) in [6.07, 6.45) is 0.647. The van der Waals surface area contributed by atoms with Crippen molar-refractivity contribution in [3.63, 3.8) is 0 Å². The van der Waals surface area contributed by atoms with Crippen LogP contribution in [0, 0.1) is 0 Å². The zero-order valence-corrected chi connectivity index (χ0v) is 14.1. The molecule has 0 fully saturated rings. The van der Waals surface area contributed by atoms with E-state index in [-0.39, 0.29) is 17.1 Å². The Bertz CT molecular complexity index is 741. The summed E-state index contributed by atoms with van der Waals surface area (Å²) in [7, 11) is 3.18. The van der Waals surface area contributed by atoms with E-state index in [0.717, 1.165) is 11.5 Å². The Morgan fingerprint density at radius 1 is 1.30 bits per heavy atom. The molecule has 23 heavy (non-hydrogen) atoms. The Balaban J connectivity index is 1.81. The molecule has 124 valence electrons. The van der Waals surface area contributed by atoms with Gasteiger partial charge >= 0.3 is 6.01 Å². The van der Waals surface area contributed by atoms with Crippen molar-refractivity contribution in [3.05, 3.63) is 23.2 Å². The largest absolute Gasteiger partial charge is 0.467 e. The summed E-state index contributed by atoms with van der Waals surface area (Å²) in [4.78, 5) is 22.9. The van der Waals surface area contributed by atoms with Crippen molar-refractivity contribution in [2.24, 2.45) is 7.05 Å². The monoisotopic (exact) mass is 319 g/mol. The summed E-state index contributed by atoms with van der Waals surface area (Å²) >= 11 is 0. The second-order valence-electron chi connectivity index (χ2n) is 6.66. The highest BCUT2D eigenvalue weighted by Crippen LogP contribution is 2.27. The second kappa shape index (κ2) is 5.36. The lowest BCUT2D eigenvalue weighted by molar-refractivity contribution is 0.0715. The molecular formula is C15H21N5O3. The summed E-state index contributed by atoms with van der Waals surface area (Å²) in [5, 5.41) is 4.10. The molecule has 8 nitrogen and oxygen atoms in total.